The molecule has 0 aromatic rings. The Morgan fingerprint density at radius 3 is 2.33 bits per heavy atom. The molecule has 0 radical (unpaired) electrons. The Morgan fingerprint density at radius 1 is 1.33 bits per heavy atom. The molecule has 0 fully saturated rings. The Kier molecular flexibility index (Phi) is 6.91. The number of amides is 2. The van der Waals surface area contributed by atoms with E-state index in [1.54, 1.807) is 7.05 Å². The standard InChI is InChI=1S/C13H27N3O2/c1-6-7-15-11(17)9-16(5)12(18)8-10(14)13(2,3)4/h10H,6-9,14H2,1-5H3,(H,15,17). The van der Waals surface area contributed by atoms with Crippen molar-refractivity contribution in [2.75, 3.05) is 20.1 Å². The Labute approximate surface area is 110 Å². The Morgan fingerprint density at radius 2 is 1.89 bits per heavy atom. The van der Waals surface area contributed by atoms with E-state index in [-0.39, 0.29) is 36.2 Å². The van der Waals surface area contributed by atoms with Crippen molar-refractivity contribution in [3.8, 4) is 0 Å². The van der Waals surface area contributed by atoms with Crippen LogP contribution in [0.2, 0.25) is 0 Å². The summed E-state index contributed by atoms with van der Waals surface area (Å²) in [5.41, 5.74) is 5.84. The lowest BCUT2D eigenvalue weighted by molar-refractivity contribution is -0.135. The van der Waals surface area contributed by atoms with Gasteiger partial charge in [0.2, 0.25) is 11.8 Å². The average molecular weight is 257 g/mol. The summed E-state index contributed by atoms with van der Waals surface area (Å²) >= 11 is 0. The fraction of sp³-hybridized carbons (Fsp3) is 0.846. The van der Waals surface area contributed by atoms with Gasteiger partial charge in [-0.15, -0.1) is 0 Å². The molecule has 3 N–H and O–H groups in total. The van der Waals surface area contributed by atoms with Gasteiger partial charge in [0, 0.05) is 26.1 Å². The third-order valence-corrected chi connectivity index (χ3v) is 2.89. The zero-order chi connectivity index (χ0) is 14.3. The molecule has 0 saturated heterocycles. The molecule has 0 bridgehead atoms. The van der Waals surface area contributed by atoms with E-state index < -0.39 is 0 Å². The summed E-state index contributed by atoms with van der Waals surface area (Å²) in [5, 5.41) is 2.74. The Balaban J connectivity index is 4.15. The second-order valence-electron chi connectivity index (χ2n) is 5.78. The highest BCUT2D eigenvalue weighted by atomic mass is 16.2. The number of rotatable bonds is 6. The minimum Gasteiger partial charge on any atom is -0.355 e. The van der Waals surface area contributed by atoms with Gasteiger partial charge in [0.25, 0.3) is 0 Å². The van der Waals surface area contributed by atoms with Crippen molar-refractivity contribution in [3.63, 3.8) is 0 Å². The van der Waals surface area contributed by atoms with Crippen molar-refractivity contribution >= 4 is 11.8 Å². The van der Waals surface area contributed by atoms with Crippen molar-refractivity contribution in [1.82, 2.24) is 10.2 Å². The average Bonchev–Trinajstić information content (AvgIpc) is 2.24. The van der Waals surface area contributed by atoms with Gasteiger partial charge in [0.1, 0.15) is 0 Å². The van der Waals surface area contributed by atoms with E-state index in [4.69, 9.17) is 5.73 Å². The first-order valence-corrected chi connectivity index (χ1v) is 6.44. The van der Waals surface area contributed by atoms with Crippen LogP contribution in [-0.4, -0.2) is 42.9 Å². The summed E-state index contributed by atoms with van der Waals surface area (Å²) < 4.78 is 0. The molecule has 1 unspecified atom stereocenters. The van der Waals surface area contributed by atoms with Gasteiger partial charge >= 0.3 is 0 Å². The van der Waals surface area contributed by atoms with Crippen LogP contribution in [0.15, 0.2) is 0 Å². The smallest absolute Gasteiger partial charge is 0.239 e. The lowest BCUT2D eigenvalue weighted by Gasteiger charge is -2.28. The third kappa shape index (κ3) is 6.59. The Hall–Kier alpha value is -1.10. The van der Waals surface area contributed by atoms with Crippen LogP contribution in [0, 0.1) is 5.41 Å². The molecule has 0 aliphatic heterocycles. The summed E-state index contributed by atoms with van der Waals surface area (Å²) in [6.45, 7) is 8.71. The highest BCUT2D eigenvalue weighted by Gasteiger charge is 2.25. The number of hydrogen-bond acceptors (Lipinski definition) is 3. The van der Waals surface area contributed by atoms with Gasteiger partial charge < -0.3 is 16.0 Å². The summed E-state index contributed by atoms with van der Waals surface area (Å²) in [6, 6.07) is -0.203. The lowest BCUT2D eigenvalue weighted by atomic mass is 9.85. The molecular formula is C13H27N3O2. The minimum atomic E-state index is -0.203. The number of hydrogen-bond donors (Lipinski definition) is 2. The van der Waals surface area contributed by atoms with Crippen LogP contribution in [0.1, 0.15) is 40.5 Å². The lowest BCUT2D eigenvalue weighted by Crippen LogP contribution is -2.43. The molecule has 0 saturated carbocycles. The van der Waals surface area contributed by atoms with Crippen LogP contribution in [0.4, 0.5) is 0 Å². The van der Waals surface area contributed by atoms with Crippen LogP contribution < -0.4 is 11.1 Å². The minimum absolute atomic E-state index is 0.0930. The number of likely N-dealkylation sites (N-methyl/N-ethyl adjacent to an activating group) is 1. The zero-order valence-corrected chi connectivity index (χ0v) is 12.2. The molecule has 1 atom stereocenters. The number of carbonyl (C=O) groups is 2. The molecule has 0 spiro atoms. The molecule has 0 aromatic carbocycles. The maximum Gasteiger partial charge on any atom is 0.239 e. The van der Waals surface area contributed by atoms with E-state index in [1.165, 1.54) is 4.90 Å². The van der Waals surface area contributed by atoms with E-state index in [0.717, 1.165) is 6.42 Å². The monoisotopic (exact) mass is 257 g/mol. The first-order chi connectivity index (χ1) is 8.18. The van der Waals surface area contributed by atoms with Crippen LogP contribution in [-0.2, 0) is 9.59 Å². The first kappa shape index (κ1) is 16.9. The van der Waals surface area contributed by atoms with Crippen LogP contribution in [0.3, 0.4) is 0 Å². The molecule has 0 aromatic heterocycles. The summed E-state index contributed by atoms with van der Waals surface area (Å²) in [7, 11) is 1.63. The highest BCUT2D eigenvalue weighted by Crippen LogP contribution is 2.20. The van der Waals surface area contributed by atoms with Crippen molar-refractivity contribution in [3.05, 3.63) is 0 Å². The maximum atomic E-state index is 11.9. The molecule has 5 nitrogen and oxygen atoms in total. The summed E-state index contributed by atoms with van der Waals surface area (Å²) in [5.74, 6) is -0.221. The van der Waals surface area contributed by atoms with Gasteiger partial charge in [-0.3, -0.25) is 9.59 Å². The van der Waals surface area contributed by atoms with Crippen molar-refractivity contribution in [2.24, 2.45) is 11.1 Å². The normalized spacial score (nSPS) is 13.0. The summed E-state index contributed by atoms with van der Waals surface area (Å²) in [4.78, 5) is 24.8. The van der Waals surface area contributed by atoms with Crippen molar-refractivity contribution in [2.45, 2.75) is 46.6 Å². The second kappa shape index (κ2) is 7.36. The molecular weight excluding hydrogens is 230 g/mol. The van der Waals surface area contributed by atoms with Gasteiger partial charge in [-0.1, -0.05) is 27.7 Å². The molecule has 0 aliphatic rings. The number of nitrogens with one attached hydrogen (secondary N) is 1. The SMILES string of the molecule is CCCNC(=O)CN(C)C(=O)CC(N)C(C)(C)C. The van der Waals surface area contributed by atoms with E-state index >= 15 is 0 Å². The second-order valence-corrected chi connectivity index (χ2v) is 5.78. The first-order valence-electron chi connectivity index (χ1n) is 6.44. The van der Waals surface area contributed by atoms with Gasteiger partial charge in [0.15, 0.2) is 0 Å². The molecule has 18 heavy (non-hydrogen) atoms. The van der Waals surface area contributed by atoms with Crippen molar-refractivity contribution in [1.29, 1.82) is 0 Å². The predicted molar refractivity (Wildman–Crippen MR) is 73.0 cm³/mol. The van der Waals surface area contributed by atoms with Gasteiger partial charge in [-0.05, 0) is 11.8 Å². The topological polar surface area (TPSA) is 75.4 Å². The number of nitrogens with zero attached hydrogens (tertiary/aromatic N) is 1. The van der Waals surface area contributed by atoms with Gasteiger partial charge in [-0.25, -0.2) is 0 Å². The zero-order valence-electron chi connectivity index (χ0n) is 12.2. The summed E-state index contributed by atoms with van der Waals surface area (Å²) in [6.07, 6.45) is 1.15. The van der Waals surface area contributed by atoms with E-state index in [9.17, 15) is 9.59 Å². The molecule has 0 rings (SSSR count). The Bertz CT molecular complexity index is 284. The molecule has 2 amide bonds. The van der Waals surface area contributed by atoms with Gasteiger partial charge in [0.05, 0.1) is 6.54 Å². The molecule has 5 heteroatoms. The molecule has 0 heterocycles. The fourth-order valence-corrected chi connectivity index (χ4v) is 1.27. The van der Waals surface area contributed by atoms with E-state index in [1.807, 2.05) is 27.7 Å². The van der Waals surface area contributed by atoms with Gasteiger partial charge in [-0.2, -0.15) is 0 Å². The third-order valence-electron chi connectivity index (χ3n) is 2.89. The number of carbonyl (C=O) groups excluding carboxylic acids is 2. The number of nitrogens with two attached hydrogens (primary N) is 1. The highest BCUT2D eigenvalue weighted by molar-refractivity contribution is 5.84. The van der Waals surface area contributed by atoms with Crippen LogP contribution in [0.5, 0.6) is 0 Å². The van der Waals surface area contributed by atoms with Crippen LogP contribution in [0.25, 0.3) is 0 Å². The van der Waals surface area contributed by atoms with Crippen LogP contribution >= 0.6 is 0 Å². The van der Waals surface area contributed by atoms with Crippen molar-refractivity contribution < 1.29 is 9.59 Å². The predicted octanol–water partition coefficient (Wildman–Crippen LogP) is 0.735. The fourth-order valence-electron chi connectivity index (χ4n) is 1.27. The van der Waals surface area contributed by atoms with E-state index in [2.05, 4.69) is 5.32 Å². The molecule has 106 valence electrons. The van der Waals surface area contributed by atoms with E-state index in [0.29, 0.717) is 6.54 Å². The maximum absolute atomic E-state index is 11.9. The molecule has 0 aliphatic carbocycles. The quantitative estimate of drug-likeness (QED) is 0.736. The largest absolute Gasteiger partial charge is 0.355 e.